The van der Waals surface area contributed by atoms with Crippen LogP contribution in [0.25, 0.3) is 10.6 Å². The second-order valence-corrected chi connectivity index (χ2v) is 6.83. The summed E-state index contributed by atoms with van der Waals surface area (Å²) in [7, 11) is 1.56. The minimum atomic E-state index is -0.953. The van der Waals surface area contributed by atoms with Crippen molar-refractivity contribution in [3.8, 4) is 27.8 Å². The highest BCUT2D eigenvalue weighted by molar-refractivity contribution is 7.17. The summed E-state index contributed by atoms with van der Waals surface area (Å²) in [5.74, 6) is 0.986. The van der Waals surface area contributed by atoms with Crippen LogP contribution in [0.3, 0.4) is 0 Å². The molecule has 0 radical (unpaired) electrons. The molecule has 28 heavy (non-hydrogen) atoms. The summed E-state index contributed by atoms with van der Waals surface area (Å²) >= 11 is 1.16. The van der Waals surface area contributed by atoms with Crippen molar-refractivity contribution in [1.82, 2.24) is 4.98 Å². The molecule has 0 aliphatic carbocycles. The largest absolute Gasteiger partial charge is 0.493 e. The van der Waals surface area contributed by atoms with Gasteiger partial charge in [0.2, 0.25) is 0 Å². The Balaban J connectivity index is 1.69. The third-order valence-corrected chi connectivity index (χ3v) is 5.12. The van der Waals surface area contributed by atoms with Crippen LogP contribution < -0.4 is 14.2 Å². The van der Waals surface area contributed by atoms with Crippen LogP contribution in [0, 0.1) is 0 Å². The van der Waals surface area contributed by atoms with Crippen LogP contribution in [0.15, 0.2) is 48.5 Å². The highest BCUT2D eigenvalue weighted by Crippen LogP contribution is 2.35. The van der Waals surface area contributed by atoms with Crippen LogP contribution in [-0.4, -0.2) is 36.4 Å². The summed E-state index contributed by atoms with van der Waals surface area (Å²) in [5.41, 5.74) is 1.38. The second kappa shape index (κ2) is 9.23. The summed E-state index contributed by atoms with van der Waals surface area (Å²) in [6.45, 7) is 2.66. The molecule has 0 aliphatic heterocycles. The van der Waals surface area contributed by atoms with Crippen LogP contribution in [-0.2, 0) is 6.42 Å². The van der Waals surface area contributed by atoms with Gasteiger partial charge < -0.3 is 19.3 Å². The average Bonchev–Trinajstić information content (AvgIpc) is 3.17. The number of carboxylic acid groups (broad SMARTS) is 1. The van der Waals surface area contributed by atoms with Gasteiger partial charge in [0, 0.05) is 5.56 Å². The second-order valence-electron chi connectivity index (χ2n) is 5.83. The Morgan fingerprint density at radius 2 is 1.82 bits per heavy atom. The van der Waals surface area contributed by atoms with Crippen LogP contribution in [0.5, 0.6) is 17.2 Å². The van der Waals surface area contributed by atoms with E-state index in [-0.39, 0.29) is 4.88 Å². The molecule has 3 rings (SSSR count). The van der Waals surface area contributed by atoms with Gasteiger partial charge in [0.25, 0.3) is 0 Å². The fourth-order valence-corrected chi connectivity index (χ4v) is 3.62. The first kappa shape index (κ1) is 19.7. The Morgan fingerprint density at radius 1 is 1.07 bits per heavy atom. The van der Waals surface area contributed by atoms with Gasteiger partial charge in [-0.2, -0.15) is 0 Å². The van der Waals surface area contributed by atoms with Gasteiger partial charge in [0.1, 0.15) is 28.8 Å². The first-order chi connectivity index (χ1) is 13.6. The molecule has 1 heterocycles. The fraction of sp³-hybridized carbons (Fsp3) is 0.238. The van der Waals surface area contributed by atoms with Gasteiger partial charge in [-0.15, -0.1) is 11.3 Å². The predicted molar refractivity (Wildman–Crippen MR) is 108 cm³/mol. The molecule has 1 N–H and O–H groups in total. The van der Waals surface area contributed by atoms with Crippen molar-refractivity contribution in [2.45, 2.75) is 13.3 Å². The Bertz CT molecular complexity index is 939. The molecule has 0 saturated carbocycles. The number of aryl methyl sites for hydroxylation is 1. The number of aromatic nitrogens is 1. The number of aromatic carboxylic acids is 1. The normalized spacial score (nSPS) is 10.5. The van der Waals surface area contributed by atoms with E-state index in [1.807, 2.05) is 43.3 Å². The zero-order chi connectivity index (χ0) is 19.9. The average molecular weight is 399 g/mol. The maximum Gasteiger partial charge on any atom is 0.347 e. The lowest BCUT2D eigenvalue weighted by atomic mass is 10.2. The topological polar surface area (TPSA) is 77.9 Å². The molecule has 0 spiro atoms. The van der Waals surface area contributed by atoms with Crippen molar-refractivity contribution in [2.75, 3.05) is 20.3 Å². The van der Waals surface area contributed by atoms with Gasteiger partial charge in [0.05, 0.1) is 12.8 Å². The third-order valence-electron chi connectivity index (χ3n) is 3.99. The summed E-state index contributed by atoms with van der Waals surface area (Å²) < 4.78 is 16.8. The number of ether oxygens (including phenoxy) is 3. The standard InChI is InChI=1S/C21H21NO5S/c1-3-16-19(21(23)24)28-20(22-16)14-9-10-17(18(13-14)25-2)27-12-11-26-15-7-5-4-6-8-15/h4-10,13H,3,11-12H2,1-2H3,(H,23,24). The number of nitrogens with zero attached hydrogens (tertiary/aromatic N) is 1. The van der Waals surface area contributed by atoms with Gasteiger partial charge in [-0.05, 0) is 36.8 Å². The lowest BCUT2D eigenvalue weighted by molar-refractivity contribution is 0.0701. The number of para-hydroxylation sites is 1. The Morgan fingerprint density at radius 3 is 2.46 bits per heavy atom. The molecule has 0 fully saturated rings. The number of hydrogen-bond acceptors (Lipinski definition) is 6. The molecule has 0 unspecified atom stereocenters. The molecular formula is C21H21NO5S. The number of thiazole rings is 1. The summed E-state index contributed by atoms with van der Waals surface area (Å²) in [4.78, 5) is 16.1. The molecule has 1 aromatic heterocycles. The molecule has 0 amide bonds. The van der Waals surface area contributed by atoms with Crippen molar-refractivity contribution in [2.24, 2.45) is 0 Å². The van der Waals surface area contributed by atoms with Gasteiger partial charge in [-0.1, -0.05) is 25.1 Å². The quantitative estimate of drug-likeness (QED) is 0.533. The molecular weight excluding hydrogens is 378 g/mol. The van der Waals surface area contributed by atoms with E-state index in [4.69, 9.17) is 14.2 Å². The molecule has 0 aliphatic rings. The molecule has 146 valence electrons. The van der Waals surface area contributed by atoms with Crippen LogP contribution >= 0.6 is 11.3 Å². The number of benzene rings is 2. The number of hydrogen-bond donors (Lipinski definition) is 1. The maximum absolute atomic E-state index is 11.4. The van der Waals surface area contributed by atoms with Crippen LogP contribution in [0.4, 0.5) is 0 Å². The van der Waals surface area contributed by atoms with Crippen molar-refractivity contribution in [1.29, 1.82) is 0 Å². The molecule has 6 nitrogen and oxygen atoms in total. The van der Waals surface area contributed by atoms with Crippen molar-refractivity contribution >= 4 is 17.3 Å². The first-order valence-electron chi connectivity index (χ1n) is 8.84. The van der Waals surface area contributed by atoms with Gasteiger partial charge in [-0.3, -0.25) is 0 Å². The zero-order valence-corrected chi connectivity index (χ0v) is 16.5. The van der Waals surface area contributed by atoms with E-state index in [1.54, 1.807) is 19.2 Å². The van der Waals surface area contributed by atoms with E-state index < -0.39 is 5.97 Å². The predicted octanol–water partition coefficient (Wildman–Crippen LogP) is 4.54. The van der Waals surface area contributed by atoms with Gasteiger partial charge in [0.15, 0.2) is 11.5 Å². The SMILES string of the molecule is CCc1nc(-c2ccc(OCCOc3ccccc3)c(OC)c2)sc1C(=O)O. The third kappa shape index (κ3) is 4.61. The van der Waals surface area contributed by atoms with Crippen LogP contribution in [0.1, 0.15) is 22.3 Å². The van der Waals surface area contributed by atoms with Crippen molar-refractivity contribution < 1.29 is 24.1 Å². The highest BCUT2D eigenvalue weighted by Gasteiger charge is 2.18. The minimum absolute atomic E-state index is 0.273. The molecule has 3 aromatic rings. The summed E-state index contributed by atoms with van der Waals surface area (Å²) in [5, 5.41) is 9.96. The smallest absolute Gasteiger partial charge is 0.347 e. The van der Waals surface area contributed by atoms with E-state index in [0.29, 0.717) is 41.8 Å². The summed E-state index contributed by atoms with van der Waals surface area (Å²) in [6, 6.07) is 15.0. The van der Waals surface area contributed by atoms with E-state index in [1.165, 1.54) is 0 Å². The molecule has 2 aromatic carbocycles. The summed E-state index contributed by atoms with van der Waals surface area (Å²) in [6.07, 6.45) is 0.567. The number of rotatable bonds is 9. The van der Waals surface area contributed by atoms with Crippen LogP contribution in [0.2, 0.25) is 0 Å². The van der Waals surface area contributed by atoms with E-state index in [2.05, 4.69) is 4.98 Å². The lowest BCUT2D eigenvalue weighted by Gasteiger charge is -2.12. The monoisotopic (exact) mass is 399 g/mol. The Labute approximate surface area is 167 Å². The highest BCUT2D eigenvalue weighted by atomic mass is 32.1. The van der Waals surface area contributed by atoms with Crippen molar-refractivity contribution in [3.05, 3.63) is 59.1 Å². The Hall–Kier alpha value is -3.06. The minimum Gasteiger partial charge on any atom is -0.493 e. The van der Waals surface area contributed by atoms with E-state index >= 15 is 0 Å². The molecule has 0 atom stereocenters. The van der Waals surface area contributed by atoms with Crippen molar-refractivity contribution in [3.63, 3.8) is 0 Å². The lowest BCUT2D eigenvalue weighted by Crippen LogP contribution is -2.09. The molecule has 7 heteroatoms. The fourth-order valence-electron chi connectivity index (χ4n) is 2.63. The van der Waals surface area contributed by atoms with Gasteiger partial charge >= 0.3 is 5.97 Å². The first-order valence-corrected chi connectivity index (χ1v) is 9.66. The number of methoxy groups -OCH3 is 1. The maximum atomic E-state index is 11.4. The molecule has 0 saturated heterocycles. The molecule has 0 bridgehead atoms. The van der Waals surface area contributed by atoms with E-state index in [0.717, 1.165) is 22.6 Å². The van der Waals surface area contributed by atoms with E-state index in [9.17, 15) is 9.90 Å². The zero-order valence-electron chi connectivity index (χ0n) is 15.7. The number of carbonyl (C=O) groups is 1. The Kier molecular flexibility index (Phi) is 6.49. The van der Waals surface area contributed by atoms with Gasteiger partial charge in [-0.25, -0.2) is 9.78 Å². The number of carboxylic acids is 1.